The van der Waals surface area contributed by atoms with Gasteiger partial charge in [-0.25, -0.2) is 8.42 Å². The molecule has 1 N–H and O–H groups in total. The minimum atomic E-state index is -3.66. The maximum absolute atomic E-state index is 12.3. The quantitative estimate of drug-likeness (QED) is 0.537. The molecule has 0 unspecified atom stereocenters. The molecule has 1 aromatic carbocycles. The summed E-state index contributed by atoms with van der Waals surface area (Å²) >= 11 is 0.725. The molecule has 0 fully saturated rings. The van der Waals surface area contributed by atoms with Gasteiger partial charge in [0, 0.05) is 0 Å². The lowest BCUT2D eigenvalue weighted by atomic mass is 10.1. The molecule has 2 aliphatic heterocycles. The zero-order valence-corrected chi connectivity index (χ0v) is 17.1. The van der Waals surface area contributed by atoms with Crippen molar-refractivity contribution < 1.29 is 25.8 Å². The highest BCUT2D eigenvalue weighted by Gasteiger charge is 2.39. The van der Waals surface area contributed by atoms with Gasteiger partial charge >= 0.3 is 10.1 Å². The normalized spacial score (nSPS) is 18.8. The SMILES string of the molecule is CCS(=O)(=O)C1=NN2C(=N)/C(=C\c3ccc(OS(C)(=O)=O)cc3)C(=O)N=C2S1. The fourth-order valence-electron chi connectivity index (χ4n) is 2.18. The molecule has 0 aliphatic carbocycles. The van der Waals surface area contributed by atoms with Gasteiger partial charge in [-0.15, -0.1) is 5.10 Å². The van der Waals surface area contributed by atoms with E-state index in [1.165, 1.54) is 37.3 Å². The van der Waals surface area contributed by atoms with Crippen LogP contribution in [0.25, 0.3) is 6.08 Å². The largest absolute Gasteiger partial charge is 0.383 e. The zero-order chi connectivity index (χ0) is 20.7. The molecule has 0 radical (unpaired) electrons. The first-order chi connectivity index (χ1) is 13.0. The number of benzene rings is 1. The number of amidine groups is 2. The molecule has 0 atom stereocenters. The van der Waals surface area contributed by atoms with Crippen LogP contribution in [0.15, 0.2) is 39.9 Å². The summed E-state index contributed by atoms with van der Waals surface area (Å²) in [6, 6.07) is 5.80. The molecule has 2 heterocycles. The molecule has 0 saturated heterocycles. The Morgan fingerprint density at radius 1 is 1.21 bits per heavy atom. The first-order valence-electron chi connectivity index (χ1n) is 7.72. The van der Waals surface area contributed by atoms with Crippen molar-refractivity contribution in [2.24, 2.45) is 10.1 Å². The Morgan fingerprint density at radius 2 is 1.86 bits per heavy atom. The van der Waals surface area contributed by atoms with Crippen molar-refractivity contribution in [1.82, 2.24) is 5.01 Å². The van der Waals surface area contributed by atoms with Crippen LogP contribution in [0.4, 0.5) is 0 Å². The average molecular weight is 443 g/mol. The number of aliphatic imine (C=N–C) groups is 1. The number of fused-ring (bicyclic) bond motifs is 1. The summed E-state index contributed by atoms with van der Waals surface area (Å²) in [6.07, 6.45) is 2.30. The Hall–Kier alpha value is -2.51. The predicted molar refractivity (Wildman–Crippen MR) is 106 cm³/mol. The first kappa shape index (κ1) is 20.2. The minimum Gasteiger partial charge on any atom is -0.383 e. The highest BCUT2D eigenvalue weighted by atomic mass is 32.3. The van der Waals surface area contributed by atoms with E-state index in [0.29, 0.717) is 5.56 Å². The summed E-state index contributed by atoms with van der Waals surface area (Å²) < 4.78 is 50.7. The van der Waals surface area contributed by atoms with Gasteiger partial charge in [0.05, 0.1) is 17.6 Å². The van der Waals surface area contributed by atoms with Crippen molar-refractivity contribution in [2.75, 3.05) is 12.0 Å². The van der Waals surface area contributed by atoms with Gasteiger partial charge in [-0.1, -0.05) is 19.1 Å². The molecule has 0 saturated carbocycles. The van der Waals surface area contributed by atoms with Crippen LogP contribution in [-0.2, 0) is 24.7 Å². The van der Waals surface area contributed by atoms with Crippen molar-refractivity contribution in [3.8, 4) is 5.75 Å². The van der Waals surface area contributed by atoms with E-state index in [1.807, 2.05) is 0 Å². The number of hydrogen-bond donors (Lipinski definition) is 1. The summed E-state index contributed by atoms with van der Waals surface area (Å²) in [5, 5.41) is 13.1. The number of hydrogen-bond acceptors (Lipinski definition) is 9. The van der Waals surface area contributed by atoms with Gasteiger partial charge in [0.2, 0.25) is 19.4 Å². The maximum Gasteiger partial charge on any atom is 0.306 e. The van der Waals surface area contributed by atoms with E-state index in [-0.39, 0.29) is 32.5 Å². The molecule has 1 aromatic rings. The van der Waals surface area contributed by atoms with Crippen molar-refractivity contribution in [2.45, 2.75) is 6.92 Å². The number of amides is 1. The maximum atomic E-state index is 12.3. The second kappa shape index (κ2) is 7.14. The van der Waals surface area contributed by atoms with Gasteiger partial charge < -0.3 is 4.18 Å². The Kier molecular flexibility index (Phi) is 5.16. The lowest BCUT2D eigenvalue weighted by Gasteiger charge is -2.20. The second-order valence-corrected chi connectivity index (χ2v) is 10.6. The molecule has 1 amide bonds. The molecular formula is C15H14N4O6S3. The molecule has 2 aliphatic rings. The molecule has 10 nitrogen and oxygen atoms in total. The van der Waals surface area contributed by atoms with Gasteiger partial charge in [0.1, 0.15) is 5.75 Å². The first-order valence-corrected chi connectivity index (χ1v) is 12.0. The van der Waals surface area contributed by atoms with E-state index in [1.54, 1.807) is 0 Å². The lowest BCUT2D eigenvalue weighted by molar-refractivity contribution is -0.114. The van der Waals surface area contributed by atoms with Crippen LogP contribution in [0.2, 0.25) is 0 Å². The van der Waals surface area contributed by atoms with E-state index in [9.17, 15) is 21.6 Å². The fraction of sp³-hybridized carbons (Fsp3) is 0.200. The van der Waals surface area contributed by atoms with Crippen molar-refractivity contribution in [1.29, 1.82) is 5.41 Å². The predicted octanol–water partition coefficient (Wildman–Crippen LogP) is 1.04. The average Bonchev–Trinajstić information content (AvgIpc) is 3.04. The van der Waals surface area contributed by atoms with Crippen molar-refractivity contribution in [3.63, 3.8) is 0 Å². The van der Waals surface area contributed by atoms with Crippen LogP contribution >= 0.6 is 11.8 Å². The van der Waals surface area contributed by atoms with Crippen LogP contribution in [-0.4, -0.2) is 55.1 Å². The minimum absolute atomic E-state index is 0.0103. The molecule has 148 valence electrons. The number of nitrogens with one attached hydrogen (secondary N) is 1. The Morgan fingerprint density at radius 3 is 2.43 bits per heavy atom. The van der Waals surface area contributed by atoms with Crippen LogP contribution in [0.1, 0.15) is 12.5 Å². The van der Waals surface area contributed by atoms with Gasteiger partial charge in [0.15, 0.2) is 5.84 Å². The van der Waals surface area contributed by atoms with Crippen LogP contribution in [0, 0.1) is 5.41 Å². The van der Waals surface area contributed by atoms with Gasteiger partial charge in [-0.3, -0.25) is 10.2 Å². The highest BCUT2D eigenvalue weighted by Crippen LogP contribution is 2.30. The van der Waals surface area contributed by atoms with Crippen LogP contribution in [0.3, 0.4) is 0 Å². The van der Waals surface area contributed by atoms with E-state index >= 15 is 0 Å². The number of sulfone groups is 1. The molecule has 28 heavy (non-hydrogen) atoms. The topological polar surface area (TPSA) is 146 Å². The lowest BCUT2D eigenvalue weighted by Crippen LogP contribution is -2.35. The summed E-state index contributed by atoms with van der Waals surface area (Å²) in [5.74, 6) is -1.07. The monoisotopic (exact) mass is 442 g/mol. The third-order valence-corrected chi connectivity index (χ3v) is 7.10. The van der Waals surface area contributed by atoms with E-state index in [4.69, 9.17) is 9.59 Å². The summed E-state index contributed by atoms with van der Waals surface area (Å²) in [4.78, 5) is 16.1. The number of thioether (sulfide) groups is 1. The van der Waals surface area contributed by atoms with E-state index < -0.39 is 25.9 Å². The number of hydrazone groups is 1. The van der Waals surface area contributed by atoms with Gasteiger partial charge in [-0.05, 0) is 35.5 Å². The number of carbonyl (C=O) groups is 1. The van der Waals surface area contributed by atoms with E-state index in [0.717, 1.165) is 23.0 Å². The fourth-order valence-corrected chi connectivity index (χ4v) is 4.81. The van der Waals surface area contributed by atoms with Crippen LogP contribution < -0.4 is 4.18 Å². The van der Waals surface area contributed by atoms with Crippen molar-refractivity contribution >= 4 is 59.1 Å². The third kappa shape index (κ3) is 4.15. The summed E-state index contributed by atoms with van der Waals surface area (Å²) in [5.41, 5.74) is 0.407. The molecular weight excluding hydrogens is 428 g/mol. The standard InChI is InChI=1S/C15H14N4O6S3/c1-3-28(23,24)15-18-19-12(16)11(13(20)17-14(19)26-15)8-9-4-6-10(7-5-9)25-27(2,21)22/h4-8,16H,3H2,1-2H3/b11-8+,16-12?. The smallest absolute Gasteiger partial charge is 0.306 e. The molecule has 0 bridgehead atoms. The molecule has 13 heteroatoms. The Balaban J connectivity index is 1.90. The summed E-state index contributed by atoms with van der Waals surface area (Å²) in [7, 11) is -7.25. The number of rotatable bonds is 4. The van der Waals surface area contributed by atoms with Crippen molar-refractivity contribution in [3.05, 3.63) is 35.4 Å². The Bertz CT molecular complexity index is 1160. The highest BCUT2D eigenvalue weighted by molar-refractivity contribution is 8.42. The van der Waals surface area contributed by atoms with Gasteiger partial charge in [0.25, 0.3) is 5.91 Å². The van der Waals surface area contributed by atoms with Gasteiger partial charge in [-0.2, -0.15) is 18.4 Å². The second-order valence-electron chi connectivity index (χ2n) is 5.65. The number of carbonyl (C=O) groups excluding carboxylic acids is 1. The summed E-state index contributed by atoms with van der Waals surface area (Å²) in [6.45, 7) is 1.47. The van der Waals surface area contributed by atoms with E-state index in [2.05, 4.69) is 10.1 Å². The molecule has 0 spiro atoms. The van der Waals surface area contributed by atoms with Crippen LogP contribution in [0.5, 0.6) is 5.75 Å². The molecule has 3 rings (SSSR count). The Labute approximate surface area is 165 Å². The number of nitrogens with zero attached hydrogens (tertiary/aromatic N) is 3. The zero-order valence-electron chi connectivity index (χ0n) is 14.6. The third-order valence-electron chi connectivity index (χ3n) is 3.52. The molecule has 0 aromatic heterocycles.